The van der Waals surface area contributed by atoms with Crippen molar-refractivity contribution in [2.75, 3.05) is 22.9 Å². The lowest BCUT2D eigenvalue weighted by atomic mass is 9.85. The van der Waals surface area contributed by atoms with Crippen LogP contribution in [0, 0.1) is 5.92 Å². The van der Waals surface area contributed by atoms with Crippen molar-refractivity contribution in [3.05, 3.63) is 60.0 Å². The molecule has 32 heavy (non-hydrogen) atoms. The van der Waals surface area contributed by atoms with Gasteiger partial charge in [0.25, 0.3) is 0 Å². The molecular weight excluding hydrogens is 404 g/mol. The van der Waals surface area contributed by atoms with Gasteiger partial charge in [-0.2, -0.15) is 4.98 Å². The Morgan fingerprint density at radius 3 is 2.81 bits per heavy atom. The van der Waals surface area contributed by atoms with Gasteiger partial charge in [0.05, 0.1) is 5.92 Å². The molecule has 2 fully saturated rings. The SMILES string of the molecule is O=C1CC(C(=O)N2CCc3ccccc32)CN1c1cccc(-c2noc(C3CCC3)n2)c1. The molecule has 1 saturated heterocycles. The molecule has 2 aromatic carbocycles. The summed E-state index contributed by atoms with van der Waals surface area (Å²) in [7, 11) is 0. The first kappa shape index (κ1) is 19.2. The van der Waals surface area contributed by atoms with Crippen LogP contribution in [-0.4, -0.2) is 35.0 Å². The molecule has 1 aromatic heterocycles. The second kappa shape index (κ2) is 7.58. The predicted octanol–water partition coefficient (Wildman–Crippen LogP) is 3.95. The second-order valence-corrected chi connectivity index (χ2v) is 8.91. The Morgan fingerprint density at radius 2 is 1.97 bits per heavy atom. The number of nitrogens with zero attached hydrogens (tertiary/aromatic N) is 4. The van der Waals surface area contributed by atoms with Gasteiger partial charge in [0.2, 0.25) is 23.5 Å². The molecular formula is C25H24N4O3. The zero-order valence-electron chi connectivity index (χ0n) is 17.7. The van der Waals surface area contributed by atoms with E-state index < -0.39 is 0 Å². The summed E-state index contributed by atoms with van der Waals surface area (Å²) in [5.74, 6) is 1.28. The van der Waals surface area contributed by atoms with E-state index in [0.717, 1.165) is 36.2 Å². The number of aromatic nitrogens is 2. The molecule has 1 atom stereocenters. The highest BCUT2D eigenvalue weighted by molar-refractivity contribution is 6.05. The Bertz CT molecular complexity index is 1200. The maximum atomic E-state index is 13.2. The van der Waals surface area contributed by atoms with Gasteiger partial charge >= 0.3 is 0 Å². The Kier molecular flexibility index (Phi) is 4.56. The van der Waals surface area contributed by atoms with Crippen molar-refractivity contribution in [1.29, 1.82) is 0 Å². The lowest BCUT2D eigenvalue weighted by molar-refractivity contribution is -0.124. The molecule has 6 rings (SSSR count). The van der Waals surface area contributed by atoms with Gasteiger partial charge in [0.15, 0.2) is 0 Å². The average molecular weight is 428 g/mol. The fourth-order valence-electron chi connectivity index (χ4n) is 4.90. The van der Waals surface area contributed by atoms with E-state index in [4.69, 9.17) is 4.52 Å². The van der Waals surface area contributed by atoms with Crippen LogP contribution in [0.3, 0.4) is 0 Å². The van der Waals surface area contributed by atoms with Crippen LogP contribution in [0.4, 0.5) is 11.4 Å². The highest BCUT2D eigenvalue weighted by atomic mass is 16.5. The normalized spacial score (nSPS) is 20.5. The zero-order valence-corrected chi connectivity index (χ0v) is 17.7. The molecule has 162 valence electrons. The van der Waals surface area contributed by atoms with Crippen LogP contribution in [0.2, 0.25) is 0 Å². The van der Waals surface area contributed by atoms with E-state index in [-0.39, 0.29) is 24.2 Å². The molecule has 3 heterocycles. The van der Waals surface area contributed by atoms with Gasteiger partial charge in [-0.25, -0.2) is 0 Å². The number of benzene rings is 2. The Hall–Kier alpha value is -3.48. The van der Waals surface area contributed by atoms with Gasteiger partial charge in [-0.05, 0) is 43.0 Å². The molecule has 1 aliphatic carbocycles. The summed E-state index contributed by atoms with van der Waals surface area (Å²) in [4.78, 5) is 34.2. The lowest BCUT2D eigenvalue weighted by Crippen LogP contribution is -2.36. The fraction of sp³-hybridized carbons (Fsp3) is 0.360. The first-order valence-corrected chi connectivity index (χ1v) is 11.3. The zero-order chi connectivity index (χ0) is 21.7. The smallest absolute Gasteiger partial charge is 0.232 e. The van der Waals surface area contributed by atoms with Crippen molar-refractivity contribution in [1.82, 2.24) is 10.1 Å². The van der Waals surface area contributed by atoms with Crippen LogP contribution >= 0.6 is 0 Å². The summed E-state index contributed by atoms with van der Waals surface area (Å²) in [5, 5.41) is 4.14. The van der Waals surface area contributed by atoms with E-state index in [0.29, 0.717) is 30.7 Å². The maximum Gasteiger partial charge on any atom is 0.232 e. The molecule has 7 heteroatoms. The minimum absolute atomic E-state index is 0.0312. The van der Waals surface area contributed by atoms with E-state index in [1.807, 2.05) is 47.4 Å². The Balaban J connectivity index is 1.20. The number of fused-ring (bicyclic) bond motifs is 1. The van der Waals surface area contributed by atoms with Gasteiger partial charge in [-0.15, -0.1) is 0 Å². The standard InChI is InChI=1S/C25H24N4O3/c30-22-14-19(25(31)28-12-11-16-5-1-2-10-21(16)28)15-29(22)20-9-4-8-18(13-20)23-26-24(32-27-23)17-6-3-7-17/h1-2,4-5,8-10,13,17,19H,3,6-7,11-12,14-15H2. The van der Waals surface area contributed by atoms with Gasteiger partial charge in [0, 0.05) is 42.4 Å². The summed E-state index contributed by atoms with van der Waals surface area (Å²) in [6.45, 7) is 1.07. The summed E-state index contributed by atoms with van der Waals surface area (Å²) >= 11 is 0. The number of hydrogen-bond acceptors (Lipinski definition) is 5. The van der Waals surface area contributed by atoms with Crippen LogP contribution < -0.4 is 9.80 Å². The van der Waals surface area contributed by atoms with E-state index in [2.05, 4.69) is 16.2 Å². The Morgan fingerprint density at radius 1 is 1.09 bits per heavy atom. The van der Waals surface area contributed by atoms with Gasteiger partial charge in [-0.3, -0.25) is 9.59 Å². The minimum atomic E-state index is -0.340. The molecule has 1 saturated carbocycles. The Labute approximate surface area is 186 Å². The van der Waals surface area contributed by atoms with Crippen molar-refractivity contribution in [3.63, 3.8) is 0 Å². The van der Waals surface area contributed by atoms with E-state index in [1.165, 1.54) is 12.0 Å². The van der Waals surface area contributed by atoms with Crippen molar-refractivity contribution in [2.45, 2.75) is 38.0 Å². The number of hydrogen-bond donors (Lipinski definition) is 0. The fourth-order valence-corrected chi connectivity index (χ4v) is 4.90. The van der Waals surface area contributed by atoms with E-state index >= 15 is 0 Å². The van der Waals surface area contributed by atoms with Crippen molar-refractivity contribution < 1.29 is 14.1 Å². The summed E-state index contributed by atoms with van der Waals surface area (Å²) in [5.41, 5.74) is 3.74. The third-order valence-corrected chi connectivity index (χ3v) is 6.94. The minimum Gasteiger partial charge on any atom is -0.339 e. The summed E-state index contributed by atoms with van der Waals surface area (Å²) in [6, 6.07) is 15.6. The predicted molar refractivity (Wildman–Crippen MR) is 119 cm³/mol. The van der Waals surface area contributed by atoms with Crippen LogP contribution in [0.5, 0.6) is 0 Å². The molecule has 3 aliphatic rings. The monoisotopic (exact) mass is 428 g/mol. The molecule has 0 N–H and O–H groups in total. The molecule has 0 bridgehead atoms. The second-order valence-electron chi connectivity index (χ2n) is 8.91. The molecule has 0 radical (unpaired) electrons. The lowest BCUT2D eigenvalue weighted by Gasteiger charge is -2.22. The third-order valence-electron chi connectivity index (χ3n) is 6.94. The largest absolute Gasteiger partial charge is 0.339 e. The van der Waals surface area contributed by atoms with Gasteiger partial charge < -0.3 is 14.3 Å². The number of rotatable bonds is 4. The van der Waals surface area contributed by atoms with Crippen LogP contribution in [0.25, 0.3) is 11.4 Å². The molecule has 1 unspecified atom stereocenters. The quantitative estimate of drug-likeness (QED) is 0.629. The highest BCUT2D eigenvalue weighted by Crippen LogP contribution is 2.37. The number of anilines is 2. The summed E-state index contributed by atoms with van der Waals surface area (Å²) < 4.78 is 5.45. The third kappa shape index (κ3) is 3.20. The van der Waals surface area contributed by atoms with Crippen LogP contribution in [0.15, 0.2) is 53.1 Å². The van der Waals surface area contributed by atoms with Crippen molar-refractivity contribution in [3.8, 4) is 11.4 Å². The molecule has 3 aromatic rings. The first-order chi connectivity index (χ1) is 15.7. The highest BCUT2D eigenvalue weighted by Gasteiger charge is 2.39. The molecule has 7 nitrogen and oxygen atoms in total. The van der Waals surface area contributed by atoms with E-state index in [1.54, 1.807) is 4.90 Å². The number of carbonyl (C=O) groups excluding carboxylic acids is 2. The van der Waals surface area contributed by atoms with Crippen LogP contribution in [-0.2, 0) is 16.0 Å². The first-order valence-electron chi connectivity index (χ1n) is 11.3. The van der Waals surface area contributed by atoms with Gasteiger partial charge in [-0.1, -0.05) is 41.9 Å². The topological polar surface area (TPSA) is 79.5 Å². The number of carbonyl (C=O) groups is 2. The molecule has 2 aliphatic heterocycles. The van der Waals surface area contributed by atoms with Crippen molar-refractivity contribution in [2.24, 2.45) is 5.92 Å². The molecule has 2 amide bonds. The summed E-state index contributed by atoms with van der Waals surface area (Å²) in [6.07, 6.45) is 4.50. The van der Waals surface area contributed by atoms with Crippen LogP contribution in [0.1, 0.15) is 43.1 Å². The number of para-hydroxylation sites is 1. The van der Waals surface area contributed by atoms with Crippen molar-refractivity contribution >= 4 is 23.2 Å². The van der Waals surface area contributed by atoms with E-state index in [9.17, 15) is 9.59 Å². The number of amides is 2. The average Bonchev–Trinajstić information content (AvgIpc) is 3.50. The van der Waals surface area contributed by atoms with Gasteiger partial charge in [0.1, 0.15) is 0 Å². The maximum absolute atomic E-state index is 13.2. The molecule has 0 spiro atoms.